The van der Waals surface area contributed by atoms with Crippen LogP contribution in [0.4, 0.5) is 13.6 Å². The molecule has 45 heavy (non-hydrogen) atoms. The maximum absolute atomic E-state index is 12.8. The molecule has 0 spiro atoms. The van der Waals surface area contributed by atoms with Crippen LogP contribution in [0.1, 0.15) is 39.2 Å². The molecule has 0 radical (unpaired) electrons. The van der Waals surface area contributed by atoms with Gasteiger partial charge in [-0.3, -0.25) is 9.59 Å². The van der Waals surface area contributed by atoms with Crippen molar-refractivity contribution in [2.75, 3.05) is 26.8 Å². The van der Waals surface area contributed by atoms with Gasteiger partial charge in [-0.1, -0.05) is 70.3 Å². The lowest BCUT2D eigenvalue weighted by Gasteiger charge is -2.22. The zero-order valence-corrected chi connectivity index (χ0v) is 26.0. The van der Waals surface area contributed by atoms with Crippen LogP contribution in [0.15, 0.2) is 72.6 Å². The van der Waals surface area contributed by atoms with E-state index in [0.717, 1.165) is 28.1 Å². The lowest BCUT2D eigenvalue weighted by Crippen LogP contribution is -2.46. The molecule has 3 aromatic rings. The van der Waals surface area contributed by atoms with Crippen molar-refractivity contribution >= 4 is 35.1 Å². The summed E-state index contributed by atoms with van der Waals surface area (Å²) in [5.41, 5.74) is 3.54. The predicted molar refractivity (Wildman–Crippen MR) is 170 cm³/mol. The fourth-order valence-corrected chi connectivity index (χ4v) is 4.01. The number of aromatic nitrogens is 2. The zero-order chi connectivity index (χ0) is 33.6. The van der Waals surface area contributed by atoms with Gasteiger partial charge in [0.05, 0.1) is 18.1 Å². The van der Waals surface area contributed by atoms with Crippen molar-refractivity contribution in [1.29, 1.82) is 0 Å². The van der Waals surface area contributed by atoms with Gasteiger partial charge in [0.25, 0.3) is 11.5 Å². The van der Waals surface area contributed by atoms with E-state index >= 15 is 0 Å². The van der Waals surface area contributed by atoms with E-state index in [-0.39, 0.29) is 5.56 Å². The minimum Gasteiger partial charge on any atom is -0.467 e. The average molecular weight is 627 g/mol. The summed E-state index contributed by atoms with van der Waals surface area (Å²) in [7, 11) is 1.22. The number of fused-ring (bicyclic) bond motifs is 1. The van der Waals surface area contributed by atoms with Crippen molar-refractivity contribution in [1.82, 2.24) is 20.2 Å². The summed E-state index contributed by atoms with van der Waals surface area (Å²) in [6.45, 7) is 11.9. The molecule has 12 heteroatoms. The first kappa shape index (κ1) is 36.3. The number of ether oxygens (including phenoxy) is 2. The number of rotatable bonds is 8. The van der Waals surface area contributed by atoms with Crippen LogP contribution in [0.25, 0.3) is 28.4 Å². The Labute approximate surface area is 261 Å². The van der Waals surface area contributed by atoms with Crippen molar-refractivity contribution in [3.8, 4) is 11.3 Å². The highest BCUT2D eigenvalue weighted by Crippen LogP contribution is 2.19. The van der Waals surface area contributed by atoms with Gasteiger partial charge in [0.2, 0.25) is 5.91 Å². The Kier molecular flexibility index (Phi) is 14.1. The monoisotopic (exact) mass is 626 g/mol. The normalized spacial score (nSPS) is 13.9. The van der Waals surface area contributed by atoms with Gasteiger partial charge in [0.1, 0.15) is 18.3 Å². The average Bonchev–Trinajstić information content (AvgIpc) is 3.52. The SMILES string of the molecule is C=CC(F)(F)COC(=O)NCC(=O)N1CCCC1C(=O)OC.C=Cc1cccc(-c2nc3ccccc3[nH]c2=O)c1.CC(C)C. The van der Waals surface area contributed by atoms with Crippen molar-refractivity contribution in [3.05, 3.63) is 83.7 Å². The number of alkyl halides is 2. The molecule has 1 aliphatic rings. The van der Waals surface area contributed by atoms with Crippen LogP contribution in [-0.4, -0.2) is 71.6 Å². The molecule has 1 fully saturated rings. The molecule has 2 heterocycles. The number of alkyl carbamates (subject to hydrolysis) is 1. The molecule has 1 aliphatic heterocycles. The highest BCUT2D eigenvalue weighted by Gasteiger charge is 2.35. The number of nitrogens with one attached hydrogen (secondary N) is 2. The number of carbonyl (C=O) groups is 3. The van der Waals surface area contributed by atoms with Crippen LogP contribution in [0, 0.1) is 5.92 Å². The van der Waals surface area contributed by atoms with Gasteiger partial charge in [-0.05, 0) is 48.6 Å². The molecule has 2 amide bonds. The Bertz CT molecular complexity index is 1540. The van der Waals surface area contributed by atoms with Gasteiger partial charge in [0, 0.05) is 12.1 Å². The molecule has 0 aliphatic carbocycles. The van der Waals surface area contributed by atoms with Gasteiger partial charge in [0.15, 0.2) is 6.61 Å². The second kappa shape index (κ2) is 17.4. The van der Waals surface area contributed by atoms with Gasteiger partial charge in [-0.2, -0.15) is 8.78 Å². The number of benzene rings is 2. The molecule has 2 aromatic carbocycles. The standard InChI is InChI=1S/C16H12N2O.C13H18F2N2O5.C4H10/c1-2-11-6-5-7-12(10-11)15-16(19)18-14-9-4-3-8-13(14)17-15;1-3-13(14,15)8-22-12(20)16-7-10(18)17-6-4-5-9(17)11(19)21-2;1-4(2)3/h2-10H,1H2,(H,18,19);3,9H,1,4-8H2,2H3,(H,16,20);4H,1-3H3. The molecule has 1 atom stereocenters. The van der Waals surface area contributed by atoms with Crippen LogP contribution >= 0.6 is 0 Å². The van der Waals surface area contributed by atoms with Crippen LogP contribution in [-0.2, 0) is 19.1 Å². The van der Waals surface area contributed by atoms with E-state index in [4.69, 9.17) is 0 Å². The first-order valence-electron chi connectivity index (χ1n) is 14.3. The Morgan fingerprint density at radius 2 is 1.84 bits per heavy atom. The highest BCUT2D eigenvalue weighted by atomic mass is 19.3. The number of esters is 1. The first-order chi connectivity index (χ1) is 21.3. The molecule has 1 unspecified atom stereocenters. The maximum Gasteiger partial charge on any atom is 0.407 e. The molecular weight excluding hydrogens is 586 g/mol. The van der Waals surface area contributed by atoms with Gasteiger partial charge < -0.3 is 24.7 Å². The van der Waals surface area contributed by atoms with Crippen molar-refractivity contribution in [2.24, 2.45) is 5.92 Å². The summed E-state index contributed by atoms with van der Waals surface area (Å²) in [4.78, 5) is 55.3. The van der Waals surface area contributed by atoms with Gasteiger partial charge >= 0.3 is 12.1 Å². The van der Waals surface area contributed by atoms with Crippen molar-refractivity contribution in [2.45, 2.75) is 45.6 Å². The number of nitrogens with zero attached hydrogens (tertiary/aromatic N) is 2. The van der Waals surface area contributed by atoms with Crippen LogP contribution < -0.4 is 10.9 Å². The molecule has 0 bridgehead atoms. The van der Waals surface area contributed by atoms with Crippen LogP contribution in [0.5, 0.6) is 0 Å². The zero-order valence-electron chi connectivity index (χ0n) is 26.0. The van der Waals surface area contributed by atoms with E-state index in [0.29, 0.717) is 31.2 Å². The summed E-state index contributed by atoms with van der Waals surface area (Å²) in [6.07, 6.45) is 2.08. The third-order valence-electron chi connectivity index (χ3n) is 6.12. The molecule has 1 aromatic heterocycles. The molecule has 242 valence electrons. The van der Waals surface area contributed by atoms with Crippen LogP contribution in [0.2, 0.25) is 0 Å². The number of carbonyl (C=O) groups excluding carboxylic acids is 3. The maximum atomic E-state index is 12.8. The Balaban J connectivity index is 0.000000282. The number of methoxy groups -OCH3 is 1. The van der Waals surface area contributed by atoms with E-state index in [1.54, 1.807) is 6.08 Å². The van der Waals surface area contributed by atoms with Gasteiger partial charge in [-0.25, -0.2) is 14.6 Å². The summed E-state index contributed by atoms with van der Waals surface area (Å²) in [6, 6.07) is 14.4. The second-order valence-electron chi connectivity index (χ2n) is 10.7. The largest absolute Gasteiger partial charge is 0.467 e. The summed E-state index contributed by atoms with van der Waals surface area (Å²) in [5, 5.41) is 2.06. The van der Waals surface area contributed by atoms with E-state index in [1.165, 1.54) is 12.0 Å². The van der Waals surface area contributed by atoms with Crippen LogP contribution in [0.3, 0.4) is 0 Å². The topological polar surface area (TPSA) is 131 Å². The number of para-hydroxylation sites is 2. The Hall–Kier alpha value is -4.87. The number of hydrogen-bond donors (Lipinski definition) is 2. The summed E-state index contributed by atoms with van der Waals surface area (Å²) >= 11 is 0. The number of H-pyrrole nitrogens is 1. The van der Waals surface area contributed by atoms with Crippen molar-refractivity contribution in [3.63, 3.8) is 0 Å². The molecule has 4 rings (SSSR count). The smallest absolute Gasteiger partial charge is 0.407 e. The molecule has 0 saturated carbocycles. The molecule has 10 nitrogen and oxygen atoms in total. The first-order valence-corrected chi connectivity index (χ1v) is 14.3. The number of aromatic amines is 1. The Morgan fingerprint density at radius 1 is 1.16 bits per heavy atom. The highest BCUT2D eigenvalue weighted by molar-refractivity contribution is 5.87. The van der Waals surface area contributed by atoms with Gasteiger partial charge in [-0.15, -0.1) is 0 Å². The number of hydrogen-bond acceptors (Lipinski definition) is 7. The second-order valence-corrected chi connectivity index (χ2v) is 10.7. The fourth-order valence-electron chi connectivity index (χ4n) is 4.01. The number of amides is 2. The van der Waals surface area contributed by atoms with E-state index in [1.807, 2.05) is 48.5 Å². The Morgan fingerprint density at radius 3 is 2.49 bits per heavy atom. The molecule has 1 saturated heterocycles. The molecule has 2 N–H and O–H groups in total. The third-order valence-corrected chi connectivity index (χ3v) is 6.12. The van der Waals surface area contributed by atoms with Crippen molar-refractivity contribution < 1.29 is 32.6 Å². The number of halogens is 2. The lowest BCUT2D eigenvalue weighted by atomic mass is 10.1. The minimum atomic E-state index is -3.33. The minimum absolute atomic E-state index is 0.181. The number of likely N-dealkylation sites (tertiary alicyclic amines) is 1. The molecular formula is C33H40F2N4O6. The van der Waals surface area contributed by atoms with E-state index < -0.39 is 43.1 Å². The predicted octanol–water partition coefficient (Wildman–Crippen LogP) is 5.59. The third kappa shape index (κ3) is 11.6. The summed E-state index contributed by atoms with van der Waals surface area (Å²) in [5.74, 6) is -3.54. The summed E-state index contributed by atoms with van der Waals surface area (Å²) < 4.78 is 34.4. The lowest BCUT2D eigenvalue weighted by molar-refractivity contribution is -0.150. The van der Waals surface area contributed by atoms with E-state index in [2.05, 4.69) is 58.7 Å². The van der Waals surface area contributed by atoms with E-state index in [9.17, 15) is 28.0 Å². The quantitative estimate of drug-likeness (QED) is 0.246. The fraction of sp³-hybridized carbons (Fsp3) is 0.364.